The molecule has 0 aromatic heterocycles. The van der Waals surface area contributed by atoms with Crippen LogP contribution in [-0.4, -0.2) is 39.4 Å². The molecule has 2 aromatic carbocycles. The number of fused-ring (bicyclic) bond motifs is 1. The molecule has 1 aliphatic rings. The largest absolute Gasteiger partial charge is 0.360 e. The van der Waals surface area contributed by atoms with Gasteiger partial charge in [-0.3, -0.25) is 4.79 Å². The summed E-state index contributed by atoms with van der Waals surface area (Å²) in [5.74, 6) is 0.830. The Balaban J connectivity index is 1.66. The number of para-hydroxylation sites is 1. The first-order valence-corrected chi connectivity index (χ1v) is 10.4. The van der Waals surface area contributed by atoms with Crippen molar-refractivity contribution in [2.75, 3.05) is 35.3 Å². The fraction of sp³-hybridized carbons (Fsp3) is 0.235. The van der Waals surface area contributed by atoms with Gasteiger partial charge in [-0.15, -0.1) is 11.8 Å². The van der Waals surface area contributed by atoms with Gasteiger partial charge in [0.1, 0.15) is 0 Å². The molecule has 5 nitrogen and oxygen atoms in total. The van der Waals surface area contributed by atoms with Crippen molar-refractivity contribution in [3.05, 3.63) is 48.5 Å². The summed E-state index contributed by atoms with van der Waals surface area (Å²) in [6.45, 7) is 1.09. The molecule has 3 rings (SSSR count). The lowest BCUT2D eigenvalue weighted by molar-refractivity contribution is -0.115. The number of nitrogens with zero attached hydrogens (tertiary/aromatic N) is 1. The molecule has 0 radical (unpaired) electrons. The van der Waals surface area contributed by atoms with E-state index in [-0.39, 0.29) is 17.3 Å². The lowest BCUT2D eigenvalue weighted by Crippen LogP contribution is -2.36. The summed E-state index contributed by atoms with van der Waals surface area (Å²) < 4.78 is 22.9. The molecule has 0 saturated heterocycles. The number of hydrogen-bond donors (Lipinski definition) is 1. The first-order chi connectivity index (χ1) is 11.4. The quantitative estimate of drug-likeness (QED) is 0.906. The summed E-state index contributed by atoms with van der Waals surface area (Å²) in [5, 5.41) is 2.82. The maximum absolute atomic E-state index is 12.3. The highest BCUT2D eigenvalue weighted by atomic mass is 32.2. The second kappa shape index (κ2) is 6.86. The number of nitrogens with one attached hydrogen (secondary N) is 1. The highest BCUT2D eigenvalue weighted by Gasteiger charge is 2.19. The summed E-state index contributed by atoms with van der Waals surface area (Å²) in [4.78, 5) is 15.8. The molecule has 0 fully saturated rings. The van der Waals surface area contributed by atoms with Gasteiger partial charge in [0.15, 0.2) is 9.84 Å². The standard InChI is InChI=1S/C17H18N2O3S2/c1-24(21,22)14-8-6-13(7-9-14)18-17(20)12-19-10-11-23-16-5-3-2-4-15(16)19/h2-9H,10-12H2,1H3,(H,18,20). The smallest absolute Gasteiger partial charge is 0.243 e. The van der Waals surface area contributed by atoms with Gasteiger partial charge in [-0.2, -0.15) is 0 Å². The molecule has 0 aliphatic carbocycles. The van der Waals surface area contributed by atoms with E-state index in [0.29, 0.717) is 5.69 Å². The number of benzene rings is 2. The summed E-state index contributed by atoms with van der Waals surface area (Å²) in [7, 11) is -3.23. The third-order valence-corrected chi connectivity index (χ3v) is 5.90. The molecule has 0 atom stereocenters. The fourth-order valence-electron chi connectivity index (χ4n) is 2.55. The van der Waals surface area contributed by atoms with Crippen molar-refractivity contribution in [2.24, 2.45) is 0 Å². The summed E-state index contributed by atoms with van der Waals surface area (Å²) >= 11 is 1.80. The van der Waals surface area contributed by atoms with Crippen LogP contribution in [0.15, 0.2) is 58.3 Å². The van der Waals surface area contributed by atoms with E-state index in [4.69, 9.17) is 0 Å². The van der Waals surface area contributed by atoms with Crippen LogP contribution in [0.1, 0.15) is 0 Å². The average Bonchev–Trinajstić information content (AvgIpc) is 2.55. The minimum Gasteiger partial charge on any atom is -0.360 e. The Morgan fingerprint density at radius 1 is 1.17 bits per heavy atom. The molecule has 1 aliphatic heterocycles. The van der Waals surface area contributed by atoms with Crippen LogP contribution in [0.25, 0.3) is 0 Å². The minimum atomic E-state index is -3.23. The molecule has 1 N–H and O–H groups in total. The Hall–Kier alpha value is -1.99. The number of carbonyl (C=O) groups is 1. The van der Waals surface area contributed by atoms with E-state index in [2.05, 4.69) is 16.3 Å². The predicted octanol–water partition coefficient (Wildman–Crippen LogP) is 2.64. The molecule has 1 heterocycles. The van der Waals surface area contributed by atoms with Crippen LogP contribution < -0.4 is 10.2 Å². The van der Waals surface area contributed by atoms with Crippen molar-refractivity contribution < 1.29 is 13.2 Å². The van der Waals surface area contributed by atoms with Crippen molar-refractivity contribution in [1.82, 2.24) is 0 Å². The van der Waals surface area contributed by atoms with E-state index in [1.165, 1.54) is 17.0 Å². The van der Waals surface area contributed by atoms with Gasteiger partial charge in [-0.25, -0.2) is 8.42 Å². The molecular formula is C17H18N2O3S2. The monoisotopic (exact) mass is 362 g/mol. The lowest BCUT2D eigenvalue weighted by atomic mass is 10.2. The minimum absolute atomic E-state index is 0.121. The van der Waals surface area contributed by atoms with Crippen LogP contribution in [0.3, 0.4) is 0 Å². The Kier molecular flexibility index (Phi) is 4.82. The molecule has 0 spiro atoms. The van der Waals surface area contributed by atoms with E-state index >= 15 is 0 Å². The van der Waals surface area contributed by atoms with E-state index < -0.39 is 9.84 Å². The number of carbonyl (C=O) groups excluding carboxylic acids is 1. The maximum Gasteiger partial charge on any atom is 0.243 e. The van der Waals surface area contributed by atoms with Gasteiger partial charge >= 0.3 is 0 Å². The van der Waals surface area contributed by atoms with Gasteiger partial charge in [0.2, 0.25) is 5.91 Å². The lowest BCUT2D eigenvalue weighted by Gasteiger charge is -2.30. The predicted molar refractivity (Wildman–Crippen MR) is 97.6 cm³/mol. The van der Waals surface area contributed by atoms with Gasteiger partial charge in [0.25, 0.3) is 0 Å². The van der Waals surface area contributed by atoms with Crippen molar-refractivity contribution in [3.8, 4) is 0 Å². The van der Waals surface area contributed by atoms with E-state index in [0.717, 1.165) is 24.2 Å². The number of amides is 1. The van der Waals surface area contributed by atoms with Crippen molar-refractivity contribution in [1.29, 1.82) is 0 Å². The number of anilines is 2. The average molecular weight is 362 g/mol. The first kappa shape index (κ1) is 16.9. The molecule has 2 aromatic rings. The van der Waals surface area contributed by atoms with Crippen LogP contribution >= 0.6 is 11.8 Å². The highest BCUT2D eigenvalue weighted by molar-refractivity contribution is 7.99. The van der Waals surface area contributed by atoms with Crippen molar-refractivity contribution >= 4 is 38.9 Å². The van der Waals surface area contributed by atoms with Crippen molar-refractivity contribution in [2.45, 2.75) is 9.79 Å². The third kappa shape index (κ3) is 3.91. The normalized spacial score (nSPS) is 14.1. The second-order valence-corrected chi connectivity index (χ2v) is 8.73. The fourth-order valence-corrected chi connectivity index (χ4v) is 4.23. The summed E-state index contributed by atoms with van der Waals surface area (Å²) in [6.07, 6.45) is 1.16. The van der Waals surface area contributed by atoms with Crippen LogP contribution in [0, 0.1) is 0 Å². The number of thioether (sulfide) groups is 1. The molecule has 0 saturated carbocycles. The van der Waals surface area contributed by atoms with E-state index in [1.54, 1.807) is 23.9 Å². The van der Waals surface area contributed by atoms with Crippen LogP contribution in [0.5, 0.6) is 0 Å². The van der Waals surface area contributed by atoms with E-state index in [9.17, 15) is 13.2 Å². The second-order valence-electron chi connectivity index (χ2n) is 5.58. The van der Waals surface area contributed by atoms with Crippen LogP contribution in [-0.2, 0) is 14.6 Å². The Labute approximate surface area is 146 Å². The summed E-state index contributed by atoms with van der Waals surface area (Å²) in [6, 6.07) is 14.3. The Bertz CT molecular complexity index is 848. The zero-order valence-corrected chi connectivity index (χ0v) is 14.9. The van der Waals surface area contributed by atoms with E-state index in [1.807, 2.05) is 18.2 Å². The maximum atomic E-state index is 12.3. The van der Waals surface area contributed by atoms with Gasteiger partial charge in [-0.05, 0) is 36.4 Å². The molecule has 126 valence electrons. The molecule has 0 unspecified atom stereocenters. The van der Waals surface area contributed by atoms with Crippen LogP contribution in [0.4, 0.5) is 11.4 Å². The molecule has 24 heavy (non-hydrogen) atoms. The van der Waals surface area contributed by atoms with Crippen LogP contribution in [0.2, 0.25) is 0 Å². The zero-order valence-electron chi connectivity index (χ0n) is 13.2. The summed E-state index contributed by atoms with van der Waals surface area (Å²) in [5.41, 5.74) is 1.67. The van der Waals surface area contributed by atoms with Gasteiger partial charge in [-0.1, -0.05) is 12.1 Å². The first-order valence-electron chi connectivity index (χ1n) is 7.50. The Morgan fingerprint density at radius 3 is 2.58 bits per heavy atom. The van der Waals surface area contributed by atoms with Gasteiger partial charge in [0.05, 0.1) is 17.1 Å². The highest BCUT2D eigenvalue weighted by Crippen LogP contribution is 2.34. The SMILES string of the molecule is CS(=O)(=O)c1ccc(NC(=O)CN2CCSc3ccccc32)cc1. The van der Waals surface area contributed by atoms with Gasteiger partial charge in [0, 0.05) is 29.1 Å². The molecule has 0 bridgehead atoms. The van der Waals surface area contributed by atoms with Crippen molar-refractivity contribution in [3.63, 3.8) is 0 Å². The molecular weight excluding hydrogens is 344 g/mol. The number of sulfone groups is 1. The number of hydrogen-bond acceptors (Lipinski definition) is 5. The number of rotatable bonds is 4. The molecule has 7 heteroatoms. The zero-order chi connectivity index (χ0) is 17.2. The third-order valence-electron chi connectivity index (χ3n) is 3.73. The molecule has 1 amide bonds. The van der Waals surface area contributed by atoms with Gasteiger partial charge < -0.3 is 10.2 Å². The Morgan fingerprint density at radius 2 is 1.88 bits per heavy atom. The topological polar surface area (TPSA) is 66.5 Å².